The van der Waals surface area contributed by atoms with Gasteiger partial charge in [-0.15, -0.1) is 0 Å². The van der Waals surface area contributed by atoms with Gasteiger partial charge >= 0.3 is 6.18 Å². The number of likely N-dealkylation sites (tertiary alicyclic amines) is 1. The second kappa shape index (κ2) is 7.74. The van der Waals surface area contributed by atoms with Crippen LogP contribution in [0.2, 0.25) is 0 Å². The molecule has 33 heavy (non-hydrogen) atoms. The molecular weight excluding hydrogens is 430 g/mol. The Hall–Kier alpha value is -2.57. The van der Waals surface area contributed by atoms with Gasteiger partial charge in [-0.2, -0.15) is 13.2 Å². The third kappa shape index (κ3) is 3.79. The van der Waals surface area contributed by atoms with Crippen molar-refractivity contribution in [1.29, 1.82) is 0 Å². The Labute approximate surface area is 192 Å². The van der Waals surface area contributed by atoms with E-state index in [4.69, 9.17) is 0 Å². The molecule has 1 aromatic heterocycles. The van der Waals surface area contributed by atoms with Crippen molar-refractivity contribution in [2.45, 2.75) is 63.3 Å². The number of hydrogen-bond donors (Lipinski definition) is 0. The smallest absolute Gasteiger partial charge is 0.375 e. The number of aryl methyl sites for hydroxylation is 1. The van der Waals surface area contributed by atoms with Crippen LogP contribution in [0.15, 0.2) is 55.0 Å². The van der Waals surface area contributed by atoms with E-state index >= 15 is 0 Å². The van der Waals surface area contributed by atoms with Gasteiger partial charge < -0.3 is 9.80 Å². The number of pyridine rings is 1. The van der Waals surface area contributed by atoms with E-state index in [2.05, 4.69) is 28.3 Å². The lowest BCUT2D eigenvalue weighted by atomic mass is 9.41. The van der Waals surface area contributed by atoms with Crippen LogP contribution in [0, 0.1) is 5.41 Å². The zero-order valence-electron chi connectivity index (χ0n) is 18.8. The molecule has 0 N–H and O–H groups in total. The first-order valence-corrected chi connectivity index (χ1v) is 11.7. The maximum atomic E-state index is 14.0. The van der Waals surface area contributed by atoms with Crippen LogP contribution in [0.25, 0.3) is 0 Å². The normalized spacial score (nSPS) is 27.0. The number of alkyl halides is 4. The topological polar surface area (TPSA) is 19.4 Å². The van der Waals surface area contributed by atoms with Gasteiger partial charge in [0.2, 0.25) is 0 Å². The van der Waals surface area contributed by atoms with Crippen LogP contribution in [0.4, 0.5) is 28.9 Å². The van der Waals surface area contributed by atoms with Crippen LogP contribution in [0.3, 0.4) is 0 Å². The summed E-state index contributed by atoms with van der Waals surface area (Å²) < 4.78 is 53.4. The standard InChI is InChI=1S/C26H29F4N3/c1-3-19-8-11-31-14-23(19)33(21-6-4-20(5-7-21)26(28,29)30)22-9-12-32(13-10-22)18(2)24-15-25(27,16-24)17-24/h4-8,11,14,22H,2-3,9-10,12-13,15-17H2,1H3. The first-order valence-electron chi connectivity index (χ1n) is 11.7. The number of piperidine rings is 1. The molecule has 0 radical (unpaired) electrons. The molecule has 4 aliphatic rings. The number of hydrogen-bond acceptors (Lipinski definition) is 3. The molecule has 1 aromatic carbocycles. The maximum absolute atomic E-state index is 14.0. The average Bonchev–Trinajstić information content (AvgIpc) is 2.76. The highest BCUT2D eigenvalue weighted by Gasteiger charge is 2.70. The molecule has 3 nitrogen and oxygen atoms in total. The van der Waals surface area contributed by atoms with E-state index in [-0.39, 0.29) is 11.5 Å². The first-order chi connectivity index (χ1) is 15.6. The van der Waals surface area contributed by atoms with Crippen LogP contribution in [0.5, 0.6) is 0 Å². The van der Waals surface area contributed by atoms with Crippen LogP contribution in [0.1, 0.15) is 50.2 Å². The van der Waals surface area contributed by atoms with Gasteiger partial charge in [-0.1, -0.05) is 13.5 Å². The van der Waals surface area contributed by atoms with Gasteiger partial charge in [0.15, 0.2) is 0 Å². The molecule has 4 fully saturated rings. The zero-order valence-corrected chi connectivity index (χ0v) is 18.8. The fourth-order valence-electron chi connectivity index (χ4n) is 5.99. The molecule has 2 heterocycles. The summed E-state index contributed by atoms with van der Waals surface area (Å²) in [4.78, 5) is 8.77. The summed E-state index contributed by atoms with van der Waals surface area (Å²) in [5.41, 5.74) is 2.22. The Morgan fingerprint density at radius 3 is 2.30 bits per heavy atom. The summed E-state index contributed by atoms with van der Waals surface area (Å²) in [6.07, 6.45) is 3.50. The van der Waals surface area contributed by atoms with Crippen LogP contribution in [-0.2, 0) is 12.6 Å². The monoisotopic (exact) mass is 459 g/mol. The van der Waals surface area contributed by atoms with Gasteiger partial charge in [0.1, 0.15) is 5.67 Å². The summed E-state index contributed by atoms with van der Waals surface area (Å²) in [7, 11) is 0. The van der Waals surface area contributed by atoms with E-state index in [0.29, 0.717) is 19.3 Å². The number of anilines is 2. The summed E-state index contributed by atoms with van der Waals surface area (Å²) in [6.45, 7) is 8.00. The SMILES string of the molecule is C=C(N1CCC(N(c2ccc(C(F)(F)F)cc2)c2cnccc2CC)CC1)C12CC(F)(C1)C2. The fourth-order valence-corrected chi connectivity index (χ4v) is 5.99. The van der Waals surface area contributed by atoms with Crippen molar-refractivity contribution in [1.82, 2.24) is 9.88 Å². The highest BCUT2D eigenvalue weighted by atomic mass is 19.4. The predicted octanol–water partition coefficient (Wildman–Crippen LogP) is 6.67. The number of nitrogens with zero attached hydrogens (tertiary/aromatic N) is 3. The van der Waals surface area contributed by atoms with Crippen molar-refractivity contribution in [3.8, 4) is 0 Å². The Balaban J connectivity index is 1.38. The van der Waals surface area contributed by atoms with Gasteiger partial charge in [0.25, 0.3) is 0 Å². The lowest BCUT2D eigenvalue weighted by Gasteiger charge is -2.68. The van der Waals surface area contributed by atoms with E-state index in [1.165, 1.54) is 0 Å². The van der Waals surface area contributed by atoms with Crippen LogP contribution < -0.4 is 4.90 Å². The van der Waals surface area contributed by atoms with E-state index in [1.807, 2.05) is 12.3 Å². The minimum Gasteiger partial charge on any atom is -0.375 e. The quantitative estimate of drug-likeness (QED) is 0.450. The highest BCUT2D eigenvalue weighted by molar-refractivity contribution is 5.67. The lowest BCUT2D eigenvalue weighted by molar-refractivity contribution is -0.199. The highest BCUT2D eigenvalue weighted by Crippen LogP contribution is 2.72. The van der Waals surface area contributed by atoms with E-state index in [9.17, 15) is 17.6 Å². The fraction of sp³-hybridized carbons (Fsp3) is 0.500. The molecule has 0 unspecified atom stereocenters. The second-order valence-corrected chi connectivity index (χ2v) is 9.90. The number of rotatable bonds is 6. The van der Waals surface area contributed by atoms with Crippen molar-refractivity contribution in [2.24, 2.45) is 5.41 Å². The molecule has 0 atom stereocenters. The largest absolute Gasteiger partial charge is 0.416 e. The Kier molecular flexibility index (Phi) is 5.22. The Bertz CT molecular complexity index is 1020. The summed E-state index contributed by atoms with van der Waals surface area (Å²) in [6, 6.07) is 7.51. The molecule has 3 aliphatic carbocycles. The van der Waals surface area contributed by atoms with Crippen LogP contribution >= 0.6 is 0 Å². The van der Waals surface area contributed by atoms with Crippen molar-refractivity contribution in [3.63, 3.8) is 0 Å². The van der Waals surface area contributed by atoms with E-state index in [1.54, 1.807) is 18.3 Å². The van der Waals surface area contributed by atoms with Crippen LogP contribution in [-0.4, -0.2) is 34.7 Å². The Morgan fingerprint density at radius 1 is 1.12 bits per heavy atom. The first kappa shape index (κ1) is 22.2. The molecule has 0 spiro atoms. The molecular formula is C26H29F4N3. The van der Waals surface area contributed by atoms with Gasteiger partial charge in [-0.05, 0) is 74.4 Å². The lowest BCUT2D eigenvalue weighted by Crippen LogP contribution is -2.67. The second-order valence-electron chi connectivity index (χ2n) is 9.90. The maximum Gasteiger partial charge on any atom is 0.416 e. The summed E-state index contributed by atoms with van der Waals surface area (Å²) in [5, 5.41) is 0. The third-order valence-corrected chi connectivity index (χ3v) is 7.79. The zero-order chi connectivity index (χ0) is 23.4. The minimum absolute atomic E-state index is 0.0343. The van der Waals surface area contributed by atoms with E-state index < -0.39 is 17.4 Å². The number of aromatic nitrogens is 1. The molecule has 176 valence electrons. The average molecular weight is 460 g/mol. The molecule has 3 saturated carbocycles. The molecule has 1 aliphatic heterocycles. The number of halogens is 4. The molecule has 7 heteroatoms. The Morgan fingerprint density at radius 2 is 1.76 bits per heavy atom. The van der Waals surface area contributed by atoms with Gasteiger partial charge in [0, 0.05) is 42.1 Å². The minimum atomic E-state index is -4.36. The van der Waals surface area contributed by atoms with Crippen molar-refractivity contribution >= 4 is 11.4 Å². The number of benzene rings is 1. The van der Waals surface area contributed by atoms with Crippen molar-refractivity contribution in [3.05, 3.63) is 66.1 Å². The van der Waals surface area contributed by atoms with Gasteiger partial charge in [0.05, 0.1) is 17.4 Å². The summed E-state index contributed by atoms with van der Waals surface area (Å²) in [5.74, 6) is 0. The molecule has 6 rings (SSSR count). The van der Waals surface area contributed by atoms with Gasteiger partial charge in [-0.25, -0.2) is 4.39 Å². The summed E-state index contributed by atoms with van der Waals surface area (Å²) >= 11 is 0. The predicted molar refractivity (Wildman–Crippen MR) is 121 cm³/mol. The van der Waals surface area contributed by atoms with Gasteiger partial charge in [-0.3, -0.25) is 4.98 Å². The number of allylic oxidation sites excluding steroid dienone is 1. The van der Waals surface area contributed by atoms with Crippen molar-refractivity contribution < 1.29 is 17.6 Å². The third-order valence-electron chi connectivity index (χ3n) is 7.79. The molecule has 0 amide bonds. The molecule has 2 aromatic rings. The molecule has 1 saturated heterocycles. The molecule has 2 bridgehead atoms. The van der Waals surface area contributed by atoms with E-state index in [0.717, 1.165) is 67.1 Å². The van der Waals surface area contributed by atoms with Crippen molar-refractivity contribution in [2.75, 3.05) is 18.0 Å².